The zero-order valence-corrected chi connectivity index (χ0v) is 14.3. The Balaban J connectivity index is 2.01. The van der Waals surface area contributed by atoms with E-state index in [9.17, 15) is 22.4 Å². The normalized spacial score (nSPS) is 11.2. The molecule has 0 aliphatic rings. The highest BCUT2D eigenvalue weighted by Crippen LogP contribution is 2.28. The predicted molar refractivity (Wildman–Crippen MR) is 91.3 cm³/mol. The van der Waals surface area contributed by atoms with E-state index in [1.54, 1.807) is 18.2 Å². The van der Waals surface area contributed by atoms with Gasteiger partial charge >= 0.3 is 6.18 Å². The highest BCUT2D eigenvalue weighted by molar-refractivity contribution is 6.33. The van der Waals surface area contributed by atoms with Crippen LogP contribution in [-0.4, -0.2) is 25.2 Å². The second-order valence-electron chi connectivity index (χ2n) is 5.43. The molecule has 0 aliphatic heterocycles. The van der Waals surface area contributed by atoms with Gasteiger partial charge in [-0.3, -0.25) is 4.79 Å². The van der Waals surface area contributed by atoms with Crippen LogP contribution in [0.4, 0.5) is 28.9 Å². The molecule has 0 saturated heterocycles. The number of anilines is 2. The van der Waals surface area contributed by atoms with Gasteiger partial charge in [0.15, 0.2) is 6.61 Å². The highest BCUT2D eigenvalue weighted by Gasteiger charge is 2.29. The average molecular weight is 391 g/mol. The summed E-state index contributed by atoms with van der Waals surface area (Å²) in [5.74, 6) is -1.42. The quantitative estimate of drug-likeness (QED) is 0.698. The second kappa shape index (κ2) is 8.27. The third-order valence-corrected chi connectivity index (χ3v) is 3.48. The standard InChI is InChI=1S/C17H15ClF4N2O2/c1-10-2-4-13(12(18)6-10)24-16(25)8-23-14-7-11(19)3-5-15(14)26-9-17(20,21)22/h2-7,23H,8-9H2,1H3,(H,24,25). The first kappa shape index (κ1) is 19.8. The molecule has 0 radical (unpaired) electrons. The van der Waals surface area contributed by atoms with Gasteiger partial charge < -0.3 is 15.4 Å². The number of nitrogens with one attached hydrogen (secondary N) is 2. The van der Waals surface area contributed by atoms with Gasteiger partial charge in [-0.25, -0.2) is 4.39 Å². The number of alkyl halides is 3. The minimum absolute atomic E-state index is 0.0700. The van der Waals surface area contributed by atoms with E-state index in [0.717, 1.165) is 23.8 Å². The summed E-state index contributed by atoms with van der Waals surface area (Å²) in [6.07, 6.45) is -4.54. The van der Waals surface area contributed by atoms with Gasteiger partial charge in [-0.15, -0.1) is 0 Å². The third-order valence-electron chi connectivity index (χ3n) is 3.17. The Morgan fingerprint density at radius 1 is 1.15 bits per heavy atom. The number of carbonyl (C=O) groups excluding carboxylic acids is 1. The van der Waals surface area contributed by atoms with E-state index in [0.29, 0.717) is 10.7 Å². The number of carbonyl (C=O) groups is 1. The fraction of sp³-hybridized carbons (Fsp3) is 0.235. The Labute approximate surface area is 152 Å². The molecule has 0 aromatic heterocycles. The van der Waals surface area contributed by atoms with Crippen molar-refractivity contribution in [1.29, 1.82) is 0 Å². The lowest BCUT2D eigenvalue weighted by Crippen LogP contribution is -2.23. The van der Waals surface area contributed by atoms with E-state index in [1.807, 2.05) is 6.92 Å². The second-order valence-corrected chi connectivity index (χ2v) is 5.84. The first-order valence-corrected chi connectivity index (χ1v) is 7.81. The molecule has 0 heterocycles. The minimum atomic E-state index is -4.54. The summed E-state index contributed by atoms with van der Waals surface area (Å²) < 4.78 is 54.8. The molecule has 140 valence electrons. The molecule has 0 spiro atoms. The molecule has 0 aliphatic carbocycles. The van der Waals surface area contributed by atoms with Crippen LogP contribution in [0, 0.1) is 12.7 Å². The monoisotopic (exact) mass is 390 g/mol. The number of hydrogen-bond acceptors (Lipinski definition) is 3. The van der Waals surface area contributed by atoms with E-state index < -0.39 is 24.5 Å². The van der Waals surface area contributed by atoms with Gasteiger partial charge in [-0.05, 0) is 36.8 Å². The van der Waals surface area contributed by atoms with E-state index in [-0.39, 0.29) is 18.0 Å². The van der Waals surface area contributed by atoms with E-state index in [1.165, 1.54) is 0 Å². The molecule has 2 N–H and O–H groups in total. The van der Waals surface area contributed by atoms with Crippen molar-refractivity contribution in [2.75, 3.05) is 23.8 Å². The maximum atomic E-state index is 13.3. The van der Waals surface area contributed by atoms with Crippen LogP contribution < -0.4 is 15.4 Å². The summed E-state index contributed by atoms with van der Waals surface area (Å²) in [4.78, 5) is 12.0. The third kappa shape index (κ3) is 6.11. The van der Waals surface area contributed by atoms with Crippen LogP contribution in [0.1, 0.15) is 5.56 Å². The summed E-state index contributed by atoms with van der Waals surface area (Å²) in [5.41, 5.74) is 1.23. The summed E-state index contributed by atoms with van der Waals surface area (Å²) >= 11 is 6.01. The van der Waals surface area contributed by atoms with Crippen LogP contribution in [0.5, 0.6) is 5.75 Å². The number of benzene rings is 2. The number of rotatable bonds is 6. The Morgan fingerprint density at radius 3 is 2.54 bits per heavy atom. The fourth-order valence-corrected chi connectivity index (χ4v) is 2.30. The lowest BCUT2D eigenvalue weighted by atomic mass is 10.2. The van der Waals surface area contributed by atoms with Gasteiger partial charge in [0.2, 0.25) is 5.91 Å². The van der Waals surface area contributed by atoms with Crippen molar-refractivity contribution < 1.29 is 27.1 Å². The molecular formula is C17H15ClF4N2O2. The molecule has 0 fully saturated rings. The van der Waals surface area contributed by atoms with E-state index >= 15 is 0 Å². The first-order valence-electron chi connectivity index (χ1n) is 7.43. The topological polar surface area (TPSA) is 50.4 Å². The molecule has 26 heavy (non-hydrogen) atoms. The molecule has 9 heteroatoms. The number of aryl methyl sites for hydroxylation is 1. The predicted octanol–water partition coefficient (Wildman–Crippen LogP) is 4.78. The van der Waals surface area contributed by atoms with Crippen LogP contribution in [0.2, 0.25) is 5.02 Å². The van der Waals surface area contributed by atoms with Gasteiger partial charge in [0.05, 0.1) is 22.9 Å². The smallest absolute Gasteiger partial charge is 0.422 e. The van der Waals surface area contributed by atoms with Gasteiger partial charge in [-0.2, -0.15) is 13.2 Å². The number of amides is 1. The minimum Gasteiger partial charge on any atom is -0.482 e. The van der Waals surface area contributed by atoms with E-state index in [4.69, 9.17) is 11.6 Å². The van der Waals surface area contributed by atoms with Crippen molar-refractivity contribution in [2.24, 2.45) is 0 Å². The average Bonchev–Trinajstić information content (AvgIpc) is 2.54. The summed E-state index contributed by atoms with van der Waals surface area (Å²) in [6.45, 7) is -0.0139. The molecule has 4 nitrogen and oxygen atoms in total. The van der Waals surface area contributed by atoms with Crippen molar-refractivity contribution in [1.82, 2.24) is 0 Å². The molecule has 0 unspecified atom stereocenters. The van der Waals surface area contributed by atoms with Crippen LogP contribution in [0.3, 0.4) is 0 Å². The SMILES string of the molecule is Cc1ccc(NC(=O)CNc2cc(F)ccc2OCC(F)(F)F)c(Cl)c1. The zero-order chi connectivity index (χ0) is 19.3. The van der Waals surface area contributed by atoms with Gasteiger partial charge in [-0.1, -0.05) is 17.7 Å². The number of ether oxygens (including phenoxy) is 1. The molecule has 2 rings (SSSR count). The summed E-state index contributed by atoms with van der Waals surface area (Å²) in [7, 11) is 0. The first-order chi connectivity index (χ1) is 12.1. The van der Waals surface area contributed by atoms with Crippen LogP contribution in [-0.2, 0) is 4.79 Å². The largest absolute Gasteiger partial charge is 0.482 e. The molecule has 0 saturated carbocycles. The van der Waals surface area contributed by atoms with Gasteiger partial charge in [0.25, 0.3) is 0 Å². The lowest BCUT2D eigenvalue weighted by molar-refractivity contribution is -0.153. The van der Waals surface area contributed by atoms with Gasteiger partial charge in [0.1, 0.15) is 11.6 Å². The van der Waals surface area contributed by atoms with Crippen LogP contribution >= 0.6 is 11.6 Å². The van der Waals surface area contributed by atoms with Crippen LogP contribution in [0.25, 0.3) is 0 Å². The Hall–Kier alpha value is -2.48. The number of hydrogen-bond donors (Lipinski definition) is 2. The molecule has 0 bridgehead atoms. The van der Waals surface area contributed by atoms with Crippen molar-refractivity contribution in [2.45, 2.75) is 13.1 Å². The van der Waals surface area contributed by atoms with Crippen molar-refractivity contribution in [3.05, 3.63) is 52.8 Å². The van der Waals surface area contributed by atoms with Crippen molar-refractivity contribution in [3.8, 4) is 5.75 Å². The Bertz CT molecular complexity index is 797. The van der Waals surface area contributed by atoms with Gasteiger partial charge in [0, 0.05) is 6.07 Å². The maximum Gasteiger partial charge on any atom is 0.422 e. The molecular weight excluding hydrogens is 376 g/mol. The lowest BCUT2D eigenvalue weighted by Gasteiger charge is -2.15. The Morgan fingerprint density at radius 2 is 1.88 bits per heavy atom. The molecule has 1 amide bonds. The maximum absolute atomic E-state index is 13.3. The van der Waals surface area contributed by atoms with Crippen LogP contribution in [0.15, 0.2) is 36.4 Å². The zero-order valence-electron chi connectivity index (χ0n) is 13.6. The van der Waals surface area contributed by atoms with E-state index in [2.05, 4.69) is 15.4 Å². The summed E-state index contributed by atoms with van der Waals surface area (Å²) in [6, 6.07) is 8.00. The van der Waals surface area contributed by atoms with Crippen molar-refractivity contribution >= 4 is 28.9 Å². The van der Waals surface area contributed by atoms with Crippen molar-refractivity contribution in [3.63, 3.8) is 0 Å². The molecule has 0 atom stereocenters. The Kier molecular flexibility index (Phi) is 6.31. The fourth-order valence-electron chi connectivity index (χ4n) is 2.02. The highest BCUT2D eigenvalue weighted by atomic mass is 35.5. The summed E-state index contributed by atoms with van der Waals surface area (Å²) in [5, 5.41) is 5.45. The molecule has 2 aromatic rings. The number of halogens is 5. The molecule has 2 aromatic carbocycles.